The molecule has 0 spiro atoms. The molecule has 1 aromatic carbocycles. The summed E-state index contributed by atoms with van der Waals surface area (Å²) in [6.07, 6.45) is 5.57. The minimum absolute atomic E-state index is 0.0166. The fourth-order valence-electron chi connectivity index (χ4n) is 4.80. The van der Waals surface area contributed by atoms with E-state index >= 15 is 0 Å². The smallest absolute Gasteiger partial charge is 0.238 e. The highest BCUT2D eigenvalue weighted by Gasteiger charge is 2.67. The summed E-state index contributed by atoms with van der Waals surface area (Å²) in [5.41, 5.74) is 0.650. The number of benzene rings is 1. The van der Waals surface area contributed by atoms with Crippen molar-refractivity contribution in [3.8, 4) is 0 Å². The van der Waals surface area contributed by atoms with Crippen LogP contribution in [0, 0.1) is 35.5 Å². The average molecular weight is 300 g/mol. The van der Waals surface area contributed by atoms with Crippen LogP contribution < -0.4 is 4.90 Å². The molecule has 2 bridgehead atoms. The molecule has 4 aliphatic carbocycles. The fourth-order valence-corrected chi connectivity index (χ4v) is 4.93. The lowest BCUT2D eigenvalue weighted by atomic mass is 9.63. The van der Waals surface area contributed by atoms with Gasteiger partial charge in [0, 0.05) is 5.02 Å². The Labute approximate surface area is 127 Å². The van der Waals surface area contributed by atoms with E-state index in [1.165, 1.54) is 11.3 Å². The normalized spacial score (nSPS) is 42.2. The topological polar surface area (TPSA) is 37.4 Å². The maximum Gasteiger partial charge on any atom is 0.238 e. The first-order chi connectivity index (χ1) is 10.2. The second-order valence-corrected chi connectivity index (χ2v) is 7.08. The number of halogens is 1. The van der Waals surface area contributed by atoms with Gasteiger partial charge in [0.15, 0.2) is 0 Å². The first-order valence-electron chi connectivity index (χ1n) is 7.48. The van der Waals surface area contributed by atoms with E-state index in [1.54, 1.807) is 24.3 Å². The number of carbonyl (C=O) groups excluding carboxylic acids is 2. The van der Waals surface area contributed by atoms with Gasteiger partial charge < -0.3 is 0 Å². The van der Waals surface area contributed by atoms with E-state index in [0.29, 0.717) is 22.5 Å². The number of anilines is 1. The van der Waals surface area contributed by atoms with Crippen molar-refractivity contribution in [2.24, 2.45) is 35.5 Å². The van der Waals surface area contributed by atoms with Gasteiger partial charge >= 0.3 is 0 Å². The van der Waals surface area contributed by atoms with E-state index in [-0.39, 0.29) is 35.5 Å². The van der Waals surface area contributed by atoms with Crippen molar-refractivity contribution < 1.29 is 9.59 Å². The van der Waals surface area contributed by atoms with Crippen molar-refractivity contribution in [2.45, 2.75) is 6.42 Å². The summed E-state index contributed by atoms with van der Waals surface area (Å²) in [6.45, 7) is 0. The molecular formula is C17H14ClNO2. The maximum absolute atomic E-state index is 12.8. The zero-order chi connectivity index (χ0) is 14.3. The summed E-state index contributed by atoms with van der Waals surface area (Å²) in [4.78, 5) is 27.0. The van der Waals surface area contributed by atoms with Crippen molar-refractivity contribution in [3.63, 3.8) is 0 Å². The number of rotatable bonds is 1. The van der Waals surface area contributed by atoms with Crippen LogP contribution in [0.4, 0.5) is 5.69 Å². The van der Waals surface area contributed by atoms with Gasteiger partial charge in [0.1, 0.15) is 0 Å². The molecule has 1 heterocycles. The van der Waals surface area contributed by atoms with Gasteiger partial charge in [-0.25, -0.2) is 0 Å². The molecule has 1 saturated heterocycles. The van der Waals surface area contributed by atoms with Crippen LogP contribution >= 0.6 is 11.6 Å². The van der Waals surface area contributed by atoms with Crippen molar-refractivity contribution in [3.05, 3.63) is 41.4 Å². The van der Waals surface area contributed by atoms with Gasteiger partial charge in [-0.2, -0.15) is 0 Å². The van der Waals surface area contributed by atoms with Crippen molar-refractivity contribution in [1.82, 2.24) is 0 Å². The van der Waals surface area contributed by atoms with Gasteiger partial charge in [-0.3, -0.25) is 14.5 Å². The molecule has 3 fully saturated rings. The number of imide groups is 1. The molecule has 0 aromatic heterocycles. The van der Waals surface area contributed by atoms with Crippen LogP contribution in [0.15, 0.2) is 36.4 Å². The van der Waals surface area contributed by atoms with E-state index in [2.05, 4.69) is 12.2 Å². The van der Waals surface area contributed by atoms with Crippen molar-refractivity contribution in [1.29, 1.82) is 0 Å². The fraction of sp³-hybridized carbons (Fsp3) is 0.412. The summed E-state index contributed by atoms with van der Waals surface area (Å²) < 4.78 is 0. The van der Waals surface area contributed by atoms with Gasteiger partial charge in [-0.15, -0.1) is 0 Å². The third-order valence-electron chi connectivity index (χ3n) is 5.75. The monoisotopic (exact) mass is 299 g/mol. The van der Waals surface area contributed by atoms with E-state index in [4.69, 9.17) is 11.6 Å². The zero-order valence-corrected chi connectivity index (χ0v) is 12.0. The first kappa shape index (κ1) is 12.0. The molecule has 1 aliphatic heterocycles. The molecule has 6 rings (SSSR count). The van der Waals surface area contributed by atoms with Gasteiger partial charge in [-0.05, 0) is 54.4 Å². The van der Waals surface area contributed by atoms with Crippen molar-refractivity contribution >= 4 is 29.1 Å². The molecule has 1 aromatic rings. The predicted octanol–water partition coefficient (Wildman–Crippen LogP) is 2.90. The summed E-state index contributed by atoms with van der Waals surface area (Å²) in [5.74, 6) is 1.54. The van der Waals surface area contributed by atoms with E-state index in [0.717, 1.165) is 0 Å². The molecule has 4 heteroatoms. The number of hydrogen-bond acceptors (Lipinski definition) is 2. The molecule has 6 atom stereocenters. The molecule has 21 heavy (non-hydrogen) atoms. The molecule has 2 saturated carbocycles. The quantitative estimate of drug-likeness (QED) is 0.591. The minimum atomic E-state index is -0.132. The lowest BCUT2D eigenvalue weighted by Crippen LogP contribution is -2.40. The van der Waals surface area contributed by atoms with E-state index in [1.807, 2.05) is 0 Å². The molecule has 0 N–H and O–H groups in total. The first-order valence-corrected chi connectivity index (χ1v) is 7.86. The van der Waals surface area contributed by atoms with E-state index < -0.39 is 0 Å². The Bertz CT molecular complexity index is 659. The Balaban J connectivity index is 1.58. The van der Waals surface area contributed by atoms with Gasteiger partial charge in [0.05, 0.1) is 17.5 Å². The number of nitrogens with zero attached hydrogens (tertiary/aromatic N) is 1. The molecule has 5 aliphatic rings. The van der Waals surface area contributed by atoms with E-state index in [9.17, 15) is 9.59 Å². The largest absolute Gasteiger partial charge is 0.274 e. The average Bonchev–Trinajstić information content (AvgIpc) is 3.26. The lowest BCUT2D eigenvalue weighted by Gasteiger charge is -2.37. The SMILES string of the molecule is O=C1[C@@H]2[C@H]3C=C[C@@H]([C@@H]4C[C@H]34)[C@H]2C(=O)N1c1ccc(Cl)cc1. The second kappa shape index (κ2) is 3.77. The Morgan fingerprint density at radius 1 is 0.905 bits per heavy atom. The molecule has 3 nitrogen and oxygen atoms in total. The molecule has 0 radical (unpaired) electrons. The van der Waals surface area contributed by atoms with Crippen LogP contribution in [0.3, 0.4) is 0 Å². The minimum Gasteiger partial charge on any atom is -0.274 e. The Morgan fingerprint density at radius 2 is 1.43 bits per heavy atom. The predicted molar refractivity (Wildman–Crippen MR) is 78.6 cm³/mol. The highest BCUT2D eigenvalue weighted by Crippen LogP contribution is 2.65. The van der Waals surface area contributed by atoms with Crippen LogP contribution in [0.25, 0.3) is 0 Å². The van der Waals surface area contributed by atoms with Crippen LogP contribution in [0.1, 0.15) is 6.42 Å². The van der Waals surface area contributed by atoms with Gasteiger partial charge in [-0.1, -0.05) is 23.8 Å². The maximum atomic E-state index is 12.8. The Morgan fingerprint density at radius 3 is 1.95 bits per heavy atom. The molecule has 2 amide bonds. The molecule has 106 valence electrons. The molecular weight excluding hydrogens is 286 g/mol. The number of allylic oxidation sites excluding steroid dienone is 2. The third kappa shape index (κ3) is 1.40. The standard InChI is InChI=1S/C17H14ClNO2/c18-8-1-3-9(4-2-8)19-16(20)14-10-5-6-11(13-7-12(10)13)15(14)17(19)21/h1-6,10-15H,7H2/t10-,11-,12-,13+,14+,15+/m0/s1. The lowest BCUT2D eigenvalue weighted by molar-refractivity contribution is -0.124. The van der Waals surface area contributed by atoms with Crippen LogP contribution in [-0.4, -0.2) is 11.8 Å². The number of amides is 2. The van der Waals surface area contributed by atoms with Crippen LogP contribution in [0.2, 0.25) is 5.02 Å². The van der Waals surface area contributed by atoms with Crippen LogP contribution in [0.5, 0.6) is 0 Å². The van der Waals surface area contributed by atoms with Crippen LogP contribution in [-0.2, 0) is 9.59 Å². The van der Waals surface area contributed by atoms with Crippen molar-refractivity contribution in [2.75, 3.05) is 4.90 Å². The molecule has 0 unspecified atom stereocenters. The highest BCUT2D eigenvalue weighted by atomic mass is 35.5. The summed E-state index contributed by atoms with van der Waals surface area (Å²) in [6, 6.07) is 6.96. The summed E-state index contributed by atoms with van der Waals surface area (Å²) in [7, 11) is 0. The Kier molecular flexibility index (Phi) is 2.15. The zero-order valence-electron chi connectivity index (χ0n) is 11.3. The van der Waals surface area contributed by atoms with Gasteiger partial charge in [0.2, 0.25) is 11.8 Å². The van der Waals surface area contributed by atoms with Gasteiger partial charge in [0.25, 0.3) is 0 Å². The second-order valence-electron chi connectivity index (χ2n) is 6.64. The summed E-state index contributed by atoms with van der Waals surface area (Å²) in [5, 5.41) is 0.609. The highest BCUT2D eigenvalue weighted by molar-refractivity contribution is 6.30. The number of carbonyl (C=O) groups is 2. The Hall–Kier alpha value is -1.61. The summed E-state index contributed by atoms with van der Waals surface area (Å²) >= 11 is 5.90. The third-order valence-corrected chi connectivity index (χ3v) is 6.00. The number of hydrogen-bond donors (Lipinski definition) is 0.